The molecule has 2 aliphatic heterocycles. The molecule has 1 saturated heterocycles. The SMILES string of the molecule is CN1CCC2Nc3cccc4c(CC(F)(F)F)c(sc34)CCCNc3cccc(c3)OCCOCCOCCC2C1. The van der Waals surface area contributed by atoms with Crippen molar-refractivity contribution in [2.75, 3.05) is 70.3 Å². The van der Waals surface area contributed by atoms with Crippen LogP contribution in [0.4, 0.5) is 24.5 Å². The Kier molecular flexibility index (Phi) is 10.3. The number of benzene rings is 2. The average Bonchev–Trinajstić information content (AvgIpc) is 3.28. The molecule has 224 valence electrons. The summed E-state index contributed by atoms with van der Waals surface area (Å²) in [6.45, 7) is 5.18. The van der Waals surface area contributed by atoms with E-state index >= 15 is 0 Å². The van der Waals surface area contributed by atoms with Gasteiger partial charge in [-0.15, -0.1) is 11.3 Å². The summed E-state index contributed by atoms with van der Waals surface area (Å²) in [6, 6.07) is 13.7. The van der Waals surface area contributed by atoms with Crippen LogP contribution in [-0.4, -0.2) is 76.8 Å². The highest BCUT2D eigenvalue weighted by Gasteiger charge is 2.32. The highest BCUT2D eigenvalue weighted by Crippen LogP contribution is 2.40. The van der Waals surface area contributed by atoms with Gasteiger partial charge in [0.1, 0.15) is 12.4 Å². The fourth-order valence-corrected chi connectivity index (χ4v) is 7.11. The van der Waals surface area contributed by atoms with Gasteiger partial charge in [0.05, 0.1) is 36.6 Å². The summed E-state index contributed by atoms with van der Waals surface area (Å²) in [5.41, 5.74) is 2.27. The Morgan fingerprint density at radius 1 is 1.00 bits per heavy atom. The van der Waals surface area contributed by atoms with Gasteiger partial charge in [0, 0.05) is 42.4 Å². The zero-order valence-electron chi connectivity index (χ0n) is 23.6. The van der Waals surface area contributed by atoms with Crippen LogP contribution >= 0.6 is 11.3 Å². The predicted molar refractivity (Wildman–Crippen MR) is 160 cm³/mol. The van der Waals surface area contributed by atoms with Crippen LogP contribution in [0.15, 0.2) is 42.5 Å². The van der Waals surface area contributed by atoms with E-state index in [0.717, 1.165) is 59.1 Å². The zero-order chi connectivity index (χ0) is 28.7. The van der Waals surface area contributed by atoms with Gasteiger partial charge in [0.15, 0.2) is 0 Å². The van der Waals surface area contributed by atoms with Gasteiger partial charge in [-0.1, -0.05) is 18.2 Å². The minimum Gasteiger partial charge on any atom is -0.491 e. The number of nitrogens with zero attached hydrogens (tertiary/aromatic N) is 1. The highest BCUT2D eigenvalue weighted by molar-refractivity contribution is 7.20. The lowest BCUT2D eigenvalue weighted by molar-refractivity contribution is -0.127. The van der Waals surface area contributed by atoms with E-state index in [1.54, 1.807) is 0 Å². The molecule has 3 heterocycles. The van der Waals surface area contributed by atoms with E-state index in [-0.39, 0.29) is 6.04 Å². The van der Waals surface area contributed by atoms with Crippen LogP contribution in [0, 0.1) is 5.92 Å². The van der Waals surface area contributed by atoms with Crippen molar-refractivity contribution in [2.24, 2.45) is 5.92 Å². The van der Waals surface area contributed by atoms with Crippen LogP contribution in [0.1, 0.15) is 29.7 Å². The first kappa shape index (κ1) is 29.9. The molecule has 2 aromatic carbocycles. The molecule has 0 spiro atoms. The number of likely N-dealkylation sites (tertiary alicyclic amines) is 1. The molecule has 2 atom stereocenters. The lowest BCUT2D eigenvalue weighted by Crippen LogP contribution is -2.45. The molecule has 6 nitrogen and oxygen atoms in total. The number of aryl methyl sites for hydroxylation is 1. The maximum atomic E-state index is 13.7. The summed E-state index contributed by atoms with van der Waals surface area (Å²) in [5, 5.41) is 7.87. The van der Waals surface area contributed by atoms with E-state index in [0.29, 0.717) is 62.9 Å². The molecule has 2 unspecified atom stereocenters. The van der Waals surface area contributed by atoms with Crippen molar-refractivity contribution < 1.29 is 27.4 Å². The average molecular weight is 592 g/mol. The summed E-state index contributed by atoms with van der Waals surface area (Å²) >= 11 is 1.51. The summed E-state index contributed by atoms with van der Waals surface area (Å²) in [6.07, 6.45) is -2.00. The Labute approximate surface area is 244 Å². The van der Waals surface area contributed by atoms with Crippen molar-refractivity contribution in [3.05, 3.63) is 52.9 Å². The number of hydrogen-bond donors (Lipinski definition) is 2. The molecule has 0 aliphatic carbocycles. The first-order chi connectivity index (χ1) is 19.9. The molecule has 2 N–H and O–H groups in total. The third kappa shape index (κ3) is 8.50. The first-order valence-corrected chi connectivity index (χ1v) is 15.3. The first-order valence-electron chi connectivity index (χ1n) is 14.5. The lowest BCUT2D eigenvalue weighted by Gasteiger charge is -2.38. The lowest BCUT2D eigenvalue weighted by atomic mass is 9.89. The Bertz CT molecular complexity index is 1270. The number of nitrogens with one attached hydrogen (secondary N) is 2. The van der Waals surface area contributed by atoms with E-state index in [2.05, 4.69) is 22.6 Å². The molecular formula is C31H40F3N3O3S. The highest BCUT2D eigenvalue weighted by atomic mass is 32.1. The van der Waals surface area contributed by atoms with Gasteiger partial charge in [0.25, 0.3) is 0 Å². The van der Waals surface area contributed by atoms with Crippen LogP contribution in [0.5, 0.6) is 5.75 Å². The van der Waals surface area contributed by atoms with E-state index < -0.39 is 12.6 Å². The molecule has 1 fully saturated rings. The molecule has 10 heteroatoms. The summed E-state index contributed by atoms with van der Waals surface area (Å²) in [4.78, 5) is 3.16. The molecule has 0 amide bonds. The van der Waals surface area contributed by atoms with Crippen LogP contribution in [0.3, 0.4) is 0 Å². The van der Waals surface area contributed by atoms with Crippen LogP contribution in [-0.2, 0) is 22.3 Å². The van der Waals surface area contributed by atoms with Crippen LogP contribution in [0.25, 0.3) is 10.1 Å². The van der Waals surface area contributed by atoms with Crippen molar-refractivity contribution in [1.29, 1.82) is 0 Å². The normalized spacial score (nSPS) is 22.3. The molecule has 5 rings (SSSR count). The Morgan fingerprint density at radius 3 is 2.66 bits per heavy atom. The molecule has 4 bridgehead atoms. The third-order valence-corrected chi connectivity index (χ3v) is 9.14. The smallest absolute Gasteiger partial charge is 0.393 e. The molecule has 41 heavy (non-hydrogen) atoms. The van der Waals surface area contributed by atoms with Crippen molar-refractivity contribution in [3.8, 4) is 5.75 Å². The summed E-state index contributed by atoms with van der Waals surface area (Å²) < 4.78 is 59.5. The van der Waals surface area contributed by atoms with Gasteiger partial charge in [0.2, 0.25) is 0 Å². The maximum absolute atomic E-state index is 13.7. The second kappa shape index (κ2) is 14.1. The number of ether oxygens (including phenoxy) is 3. The van der Waals surface area contributed by atoms with Crippen molar-refractivity contribution in [3.63, 3.8) is 0 Å². The van der Waals surface area contributed by atoms with Gasteiger partial charge in [-0.25, -0.2) is 0 Å². The molecule has 1 aromatic heterocycles. The van der Waals surface area contributed by atoms with E-state index in [1.165, 1.54) is 11.3 Å². The standard InChI is InChI=1S/C31H40F3N3O3S/c1-37-13-10-27-22(21-37)11-14-38-15-16-39-17-18-40-24-6-2-5-23(19-24)35-12-4-9-29-26(20-31(32,33)34)25-7-3-8-28(36-27)30(25)41-29/h2-3,5-8,19,22,27,35-36H,4,9-18,20-21H2,1H3. The van der Waals surface area contributed by atoms with E-state index in [1.807, 2.05) is 42.5 Å². The van der Waals surface area contributed by atoms with Crippen LogP contribution in [0.2, 0.25) is 0 Å². The van der Waals surface area contributed by atoms with Crippen LogP contribution < -0.4 is 15.4 Å². The fourth-order valence-electron chi connectivity index (χ4n) is 5.78. The number of alkyl halides is 3. The minimum atomic E-state index is -4.27. The third-order valence-electron chi connectivity index (χ3n) is 7.80. The molecule has 0 radical (unpaired) electrons. The molecule has 3 aromatic rings. The van der Waals surface area contributed by atoms with Gasteiger partial charge >= 0.3 is 6.18 Å². The topological polar surface area (TPSA) is 55.0 Å². The minimum absolute atomic E-state index is 0.228. The number of hydrogen-bond acceptors (Lipinski definition) is 7. The molecular weight excluding hydrogens is 551 g/mol. The number of thiophene rings is 1. The molecule has 2 aliphatic rings. The second-order valence-corrected chi connectivity index (χ2v) is 12.1. The van der Waals surface area contributed by atoms with Gasteiger partial charge < -0.3 is 29.7 Å². The predicted octanol–water partition coefficient (Wildman–Crippen LogP) is 6.60. The summed E-state index contributed by atoms with van der Waals surface area (Å²) in [5.74, 6) is 1.12. The number of anilines is 2. The Morgan fingerprint density at radius 2 is 1.80 bits per heavy atom. The summed E-state index contributed by atoms with van der Waals surface area (Å²) in [7, 11) is 2.14. The van der Waals surface area contributed by atoms with E-state index in [4.69, 9.17) is 14.2 Å². The Hall–Kier alpha value is -2.53. The monoisotopic (exact) mass is 591 g/mol. The second-order valence-electron chi connectivity index (χ2n) is 11.0. The van der Waals surface area contributed by atoms with Crippen molar-refractivity contribution in [2.45, 2.75) is 44.3 Å². The number of halogens is 3. The van der Waals surface area contributed by atoms with Gasteiger partial charge in [-0.3, -0.25) is 0 Å². The number of rotatable bonds is 1. The largest absolute Gasteiger partial charge is 0.491 e. The molecule has 0 saturated carbocycles. The van der Waals surface area contributed by atoms with Gasteiger partial charge in [-0.05, 0) is 74.3 Å². The van der Waals surface area contributed by atoms with E-state index in [9.17, 15) is 13.2 Å². The Balaban J connectivity index is 1.39. The zero-order valence-corrected chi connectivity index (χ0v) is 24.4. The van der Waals surface area contributed by atoms with Crippen molar-refractivity contribution in [1.82, 2.24) is 4.90 Å². The fraction of sp³-hybridized carbons (Fsp3) is 0.548. The van der Waals surface area contributed by atoms with Crippen molar-refractivity contribution >= 4 is 32.8 Å². The quantitative estimate of drug-likeness (QED) is 0.333. The number of piperidine rings is 1. The maximum Gasteiger partial charge on any atom is 0.393 e. The van der Waals surface area contributed by atoms with Gasteiger partial charge in [-0.2, -0.15) is 13.2 Å². The number of fused-ring (bicyclic) bond motifs is 4.